The van der Waals surface area contributed by atoms with Crippen LogP contribution in [0.3, 0.4) is 0 Å². The van der Waals surface area contributed by atoms with Crippen molar-refractivity contribution in [1.29, 1.82) is 0 Å². The second kappa shape index (κ2) is 8.33. The molecule has 3 aromatic rings. The number of anilines is 3. The fourth-order valence-corrected chi connectivity index (χ4v) is 3.08. The first kappa shape index (κ1) is 19.1. The molecule has 3 N–H and O–H groups in total. The van der Waals surface area contributed by atoms with Gasteiger partial charge in [0.25, 0.3) is 0 Å². The summed E-state index contributed by atoms with van der Waals surface area (Å²) in [6.07, 6.45) is 3.45. The molecule has 0 aliphatic rings. The average molecular weight is 384 g/mol. The SMILES string of the molecule is Cc1cc(Cl)cc(C)c1Nc1cc(-c2ccncc2)nc(N[C@@H](C)CO)n1. The quantitative estimate of drug-likeness (QED) is 0.587. The van der Waals surface area contributed by atoms with Crippen molar-refractivity contribution in [3.05, 3.63) is 58.9 Å². The highest BCUT2D eigenvalue weighted by atomic mass is 35.5. The van der Waals surface area contributed by atoms with E-state index >= 15 is 0 Å². The summed E-state index contributed by atoms with van der Waals surface area (Å²) in [5.41, 5.74) is 4.70. The van der Waals surface area contributed by atoms with Gasteiger partial charge in [-0.1, -0.05) is 11.6 Å². The van der Waals surface area contributed by atoms with E-state index in [4.69, 9.17) is 11.6 Å². The first-order chi connectivity index (χ1) is 13.0. The predicted molar refractivity (Wildman–Crippen MR) is 110 cm³/mol. The Morgan fingerprint density at radius 2 is 1.74 bits per heavy atom. The zero-order valence-electron chi connectivity index (χ0n) is 15.5. The van der Waals surface area contributed by atoms with Crippen LogP contribution in [-0.4, -0.2) is 32.7 Å². The van der Waals surface area contributed by atoms with Gasteiger partial charge in [0.2, 0.25) is 5.95 Å². The lowest BCUT2D eigenvalue weighted by Gasteiger charge is -2.16. The number of hydrogen-bond donors (Lipinski definition) is 3. The highest BCUT2D eigenvalue weighted by Crippen LogP contribution is 2.29. The van der Waals surface area contributed by atoms with Crippen LogP contribution in [0.15, 0.2) is 42.7 Å². The van der Waals surface area contributed by atoms with Gasteiger partial charge in [0, 0.05) is 40.8 Å². The van der Waals surface area contributed by atoms with Gasteiger partial charge in [0.05, 0.1) is 12.3 Å². The second-order valence-corrected chi connectivity index (χ2v) is 6.90. The molecule has 0 saturated carbocycles. The Morgan fingerprint density at radius 3 is 2.37 bits per heavy atom. The third-order valence-electron chi connectivity index (χ3n) is 4.10. The molecular formula is C20H22ClN5O. The Hall–Kier alpha value is -2.70. The summed E-state index contributed by atoms with van der Waals surface area (Å²) >= 11 is 6.14. The summed E-state index contributed by atoms with van der Waals surface area (Å²) in [7, 11) is 0. The lowest BCUT2D eigenvalue weighted by molar-refractivity contribution is 0.281. The van der Waals surface area contributed by atoms with Gasteiger partial charge < -0.3 is 15.7 Å². The van der Waals surface area contributed by atoms with Crippen molar-refractivity contribution in [1.82, 2.24) is 15.0 Å². The summed E-state index contributed by atoms with van der Waals surface area (Å²) in [6, 6.07) is 9.33. The van der Waals surface area contributed by atoms with Crippen LogP contribution in [0.25, 0.3) is 11.3 Å². The smallest absolute Gasteiger partial charge is 0.225 e. The molecular weight excluding hydrogens is 362 g/mol. The van der Waals surface area contributed by atoms with Crippen LogP contribution in [0, 0.1) is 13.8 Å². The third-order valence-corrected chi connectivity index (χ3v) is 4.32. The Kier molecular flexibility index (Phi) is 5.88. The number of rotatable bonds is 6. The topological polar surface area (TPSA) is 83.0 Å². The van der Waals surface area contributed by atoms with Crippen molar-refractivity contribution in [2.45, 2.75) is 26.8 Å². The lowest BCUT2D eigenvalue weighted by Crippen LogP contribution is -2.21. The number of aliphatic hydroxyl groups excluding tert-OH is 1. The highest BCUT2D eigenvalue weighted by molar-refractivity contribution is 6.30. The van der Waals surface area contributed by atoms with Crippen molar-refractivity contribution in [3.63, 3.8) is 0 Å². The molecule has 0 saturated heterocycles. The monoisotopic (exact) mass is 383 g/mol. The number of aryl methyl sites for hydroxylation is 2. The van der Waals surface area contributed by atoms with Crippen molar-refractivity contribution >= 4 is 29.1 Å². The molecule has 6 nitrogen and oxygen atoms in total. The lowest BCUT2D eigenvalue weighted by atomic mass is 10.1. The van der Waals surface area contributed by atoms with E-state index in [1.165, 1.54) is 0 Å². The van der Waals surface area contributed by atoms with Crippen LogP contribution in [-0.2, 0) is 0 Å². The maximum absolute atomic E-state index is 9.33. The Labute approximate surface area is 163 Å². The molecule has 0 fully saturated rings. The number of benzene rings is 1. The van der Waals surface area contributed by atoms with E-state index in [-0.39, 0.29) is 12.6 Å². The number of aromatic nitrogens is 3. The van der Waals surface area contributed by atoms with Crippen LogP contribution in [0.4, 0.5) is 17.5 Å². The largest absolute Gasteiger partial charge is 0.394 e. The minimum Gasteiger partial charge on any atom is -0.394 e. The van der Waals surface area contributed by atoms with Gasteiger partial charge >= 0.3 is 0 Å². The zero-order valence-corrected chi connectivity index (χ0v) is 16.2. The predicted octanol–water partition coefficient (Wildman–Crippen LogP) is 4.35. The minimum absolute atomic E-state index is 0.0129. The molecule has 0 bridgehead atoms. The van der Waals surface area contributed by atoms with Crippen LogP contribution in [0.5, 0.6) is 0 Å². The summed E-state index contributed by atoms with van der Waals surface area (Å²) < 4.78 is 0. The molecule has 0 radical (unpaired) electrons. The van der Waals surface area contributed by atoms with Gasteiger partial charge in [0.15, 0.2) is 0 Å². The summed E-state index contributed by atoms with van der Waals surface area (Å²) in [5, 5.41) is 16.5. The Balaban J connectivity index is 2.02. The van der Waals surface area contributed by atoms with Crippen molar-refractivity contribution < 1.29 is 5.11 Å². The number of hydrogen-bond acceptors (Lipinski definition) is 6. The van der Waals surface area contributed by atoms with Gasteiger partial charge in [0.1, 0.15) is 5.82 Å². The van der Waals surface area contributed by atoms with Gasteiger partial charge in [-0.25, -0.2) is 4.98 Å². The van der Waals surface area contributed by atoms with E-state index in [9.17, 15) is 5.11 Å². The van der Waals surface area contributed by atoms with Crippen molar-refractivity contribution in [2.24, 2.45) is 0 Å². The Bertz CT molecular complexity index is 910. The zero-order chi connectivity index (χ0) is 19.4. The standard InChI is InChI=1S/C20H22ClN5O/c1-12-8-16(21)9-13(2)19(12)25-18-10-17(15-4-6-22-7-5-15)24-20(26-18)23-14(3)11-27/h4-10,14,27H,11H2,1-3H3,(H2,23,24,25,26)/t14-/m0/s1. The molecule has 140 valence electrons. The van der Waals surface area contributed by atoms with Crippen LogP contribution < -0.4 is 10.6 Å². The molecule has 0 spiro atoms. The van der Waals surface area contributed by atoms with Gasteiger partial charge in [-0.3, -0.25) is 4.98 Å². The first-order valence-corrected chi connectivity index (χ1v) is 9.04. The number of aliphatic hydroxyl groups is 1. The number of nitrogens with one attached hydrogen (secondary N) is 2. The van der Waals surface area contributed by atoms with E-state index < -0.39 is 0 Å². The van der Waals surface area contributed by atoms with Crippen LogP contribution in [0.2, 0.25) is 5.02 Å². The van der Waals surface area contributed by atoms with Gasteiger partial charge in [-0.15, -0.1) is 0 Å². The van der Waals surface area contributed by atoms with Crippen molar-refractivity contribution in [2.75, 3.05) is 17.2 Å². The molecule has 2 aromatic heterocycles. The molecule has 0 unspecified atom stereocenters. The average Bonchev–Trinajstić information content (AvgIpc) is 2.65. The second-order valence-electron chi connectivity index (χ2n) is 6.47. The molecule has 1 aromatic carbocycles. The number of pyridine rings is 1. The molecule has 27 heavy (non-hydrogen) atoms. The van der Waals surface area contributed by atoms with Gasteiger partial charge in [-0.2, -0.15) is 4.98 Å². The third kappa shape index (κ3) is 4.72. The van der Waals surface area contributed by atoms with E-state index in [1.807, 2.05) is 51.1 Å². The summed E-state index contributed by atoms with van der Waals surface area (Å²) in [6.45, 7) is 5.85. The van der Waals surface area contributed by atoms with E-state index in [0.717, 1.165) is 28.1 Å². The molecule has 0 amide bonds. The molecule has 7 heteroatoms. The maximum atomic E-state index is 9.33. The fraction of sp³-hybridized carbons (Fsp3) is 0.250. The van der Waals surface area contributed by atoms with E-state index in [2.05, 4.69) is 25.6 Å². The Morgan fingerprint density at radius 1 is 1.07 bits per heavy atom. The van der Waals surface area contributed by atoms with E-state index in [1.54, 1.807) is 12.4 Å². The maximum Gasteiger partial charge on any atom is 0.225 e. The van der Waals surface area contributed by atoms with Crippen LogP contribution in [0.1, 0.15) is 18.1 Å². The first-order valence-electron chi connectivity index (χ1n) is 8.67. The minimum atomic E-state index is -0.162. The summed E-state index contributed by atoms with van der Waals surface area (Å²) in [4.78, 5) is 13.2. The molecule has 0 aliphatic heterocycles. The number of nitrogens with zero attached hydrogens (tertiary/aromatic N) is 3. The fourth-order valence-electron chi connectivity index (χ4n) is 2.75. The molecule has 3 rings (SSSR count). The van der Waals surface area contributed by atoms with Gasteiger partial charge in [-0.05, 0) is 56.2 Å². The highest BCUT2D eigenvalue weighted by Gasteiger charge is 2.11. The molecule has 1 atom stereocenters. The van der Waals surface area contributed by atoms with Crippen LogP contribution >= 0.6 is 11.6 Å². The van der Waals surface area contributed by atoms with E-state index in [0.29, 0.717) is 16.8 Å². The molecule has 0 aliphatic carbocycles. The molecule has 2 heterocycles. The van der Waals surface area contributed by atoms with Crippen molar-refractivity contribution in [3.8, 4) is 11.3 Å². The normalized spacial score (nSPS) is 11.9. The number of halogens is 1. The summed E-state index contributed by atoms with van der Waals surface area (Å²) in [5.74, 6) is 1.09.